The van der Waals surface area contributed by atoms with Gasteiger partial charge in [-0.15, -0.1) is 0 Å². The van der Waals surface area contributed by atoms with Gasteiger partial charge in [-0.1, -0.05) is 29.8 Å². The number of halogens is 2. The number of hydrogen-bond donors (Lipinski definition) is 1. The summed E-state index contributed by atoms with van der Waals surface area (Å²) in [7, 11) is 1.36. The summed E-state index contributed by atoms with van der Waals surface area (Å²) in [6, 6.07) is 10.5. The molecule has 0 saturated carbocycles. The number of carbonyl (C=O) groups excluding carboxylic acids is 1. The molecule has 0 aromatic heterocycles. The van der Waals surface area contributed by atoms with E-state index < -0.39 is 6.61 Å². The summed E-state index contributed by atoms with van der Waals surface area (Å²) >= 11 is 1.13. The lowest BCUT2D eigenvalue weighted by Gasteiger charge is -2.12. The number of carbonyl (C=O) groups is 1. The van der Waals surface area contributed by atoms with Crippen LogP contribution in [0.15, 0.2) is 46.3 Å². The maximum absolute atomic E-state index is 12.8. The minimum atomic E-state index is -3.01. The fourth-order valence-corrected chi connectivity index (χ4v) is 3.51. The average Bonchev–Trinajstić information content (AvgIpc) is 2.97. The topological polar surface area (TPSA) is 59.9 Å². The minimum absolute atomic E-state index is 0.124. The van der Waals surface area contributed by atoms with Gasteiger partial charge in [0.1, 0.15) is 0 Å². The van der Waals surface area contributed by atoms with Crippen molar-refractivity contribution in [2.24, 2.45) is 4.99 Å². The molecule has 1 heterocycles. The summed E-state index contributed by atoms with van der Waals surface area (Å²) in [5.74, 6) is -0.331. The number of thioether (sulfide) groups is 1. The molecule has 3 rings (SSSR count). The molecule has 0 spiro atoms. The van der Waals surface area contributed by atoms with Gasteiger partial charge in [0, 0.05) is 5.56 Å². The zero-order chi connectivity index (χ0) is 20.3. The molecular weight excluding hydrogens is 386 g/mol. The molecule has 0 bridgehead atoms. The van der Waals surface area contributed by atoms with E-state index in [9.17, 15) is 13.6 Å². The van der Waals surface area contributed by atoms with Crippen LogP contribution in [0.1, 0.15) is 16.7 Å². The summed E-state index contributed by atoms with van der Waals surface area (Å²) < 4.78 is 35.2. The quantitative estimate of drug-likeness (QED) is 0.727. The molecule has 0 atom stereocenters. The van der Waals surface area contributed by atoms with Gasteiger partial charge in [0.25, 0.3) is 5.91 Å². The first-order valence-corrected chi connectivity index (χ1v) is 9.17. The van der Waals surface area contributed by atoms with Crippen molar-refractivity contribution in [3.63, 3.8) is 0 Å². The molecule has 146 valence electrons. The number of benzene rings is 2. The van der Waals surface area contributed by atoms with Crippen LogP contribution in [-0.4, -0.2) is 24.8 Å². The largest absolute Gasteiger partial charge is 0.493 e. The molecule has 0 aliphatic carbocycles. The van der Waals surface area contributed by atoms with Gasteiger partial charge in [-0.25, -0.2) is 4.99 Å². The molecular formula is C20H18F2N2O3S. The summed E-state index contributed by atoms with van der Waals surface area (Å²) in [4.78, 5) is 17.1. The number of ether oxygens (including phenoxy) is 2. The maximum atomic E-state index is 12.8. The molecule has 0 radical (unpaired) electrons. The number of aryl methyl sites for hydroxylation is 2. The Labute approximate surface area is 165 Å². The SMILES string of the molecule is COc1cccc(C=C2SC(=Nc3ccc(C)cc3C)NC2=O)c1OC(F)F. The number of nitrogens with zero attached hydrogens (tertiary/aromatic N) is 1. The van der Waals surface area contributed by atoms with E-state index in [1.54, 1.807) is 12.1 Å². The van der Waals surface area contributed by atoms with Crippen LogP contribution in [0.25, 0.3) is 6.08 Å². The Morgan fingerprint density at radius 2 is 2.00 bits per heavy atom. The standard InChI is InChI=1S/C20H18F2N2O3S/c1-11-7-8-14(12(2)9-11)23-20-24-18(25)16(28-20)10-13-5-4-6-15(26-3)17(13)27-19(21)22/h4-10,19H,1-3H3,(H,23,24,25). The molecule has 28 heavy (non-hydrogen) atoms. The Hall–Kier alpha value is -2.87. The van der Waals surface area contributed by atoms with Crippen LogP contribution in [0.4, 0.5) is 14.5 Å². The maximum Gasteiger partial charge on any atom is 0.387 e. The van der Waals surface area contributed by atoms with Crippen LogP contribution in [0.3, 0.4) is 0 Å². The summed E-state index contributed by atoms with van der Waals surface area (Å²) in [6.07, 6.45) is 1.48. The van der Waals surface area contributed by atoms with Crippen molar-refractivity contribution in [1.29, 1.82) is 0 Å². The smallest absolute Gasteiger partial charge is 0.387 e. The molecule has 0 unspecified atom stereocenters. The first kappa shape index (κ1) is 19.9. The predicted octanol–water partition coefficient (Wildman–Crippen LogP) is 4.81. The highest BCUT2D eigenvalue weighted by atomic mass is 32.2. The lowest BCUT2D eigenvalue weighted by molar-refractivity contribution is -0.115. The monoisotopic (exact) mass is 404 g/mol. The Bertz CT molecular complexity index is 974. The van der Waals surface area contributed by atoms with Gasteiger partial charge < -0.3 is 14.8 Å². The highest BCUT2D eigenvalue weighted by Crippen LogP contribution is 2.36. The van der Waals surface area contributed by atoms with Crippen LogP contribution in [0.5, 0.6) is 11.5 Å². The van der Waals surface area contributed by atoms with Crippen LogP contribution in [0, 0.1) is 13.8 Å². The third-order valence-corrected chi connectivity index (χ3v) is 4.86. The Morgan fingerprint density at radius 3 is 2.68 bits per heavy atom. The van der Waals surface area contributed by atoms with Gasteiger partial charge in [0.15, 0.2) is 16.7 Å². The van der Waals surface area contributed by atoms with Crippen molar-refractivity contribution < 1.29 is 23.0 Å². The molecule has 1 amide bonds. The molecule has 1 saturated heterocycles. The number of para-hydroxylation sites is 1. The summed E-state index contributed by atoms with van der Waals surface area (Å²) in [5, 5.41) is 3.11. The highest BCUT2D eigenvalue weighted by Gasteiger charge is 2.25. The lowest BCUT2D eigenvalue weighted by atomic mass is 10.1. The van der Waals surface area contributed by atoms with Gasteiger partial charge >= 0.3 is 6.61 Å². The average molecular weight is 404 g/mol. The third-order valence-electron chi connectivity index (χ3n) is 3.95. The van der Waals surface area contributed by atoms with Crippen LogP contribution < -0.4 is 14.8 Å². The molecule has 1 aliphatic rings. The van der Waals surface area contributed by atoms with E-state index in [0.29, 0.717) is 15.6 Å². The van der Waals surface area contributed by atoms with Gasteiger partial charge in [0.05, 0.1) is 17.7 Å². The molecule has 1 aliphatic heterocycles. The first-order chi connectivity index (χ1) is 13.4. The molecule has 1 N–H and O–H groups in total. The molecule has 5 nitrogen and oxygen atoms in total. The van der Waals surface area contributed by atoms with Crippen LogP contribution in [0.2, 0.25) is 0 Å². The van der Waals surface area contributed by atoms with Crippen LogP contribution >= 0.6 is 11.8 Å². The molecule has 2 aromatic carbocycles. The number of hydrogen-bond acceptors (Lipinski definition) is 5. The Kier molecular flexibility index (Phi) is 5.99. The zero-order valence-electron chi connectivity index (χ0n) is 15.5. The van der Waals surface area contributed by atoms with E-state index in [0.717, 1.165) is 28.6 Å². The van der Waals surface area contributed by atoms with Crippen molar-refractivity contribution in [1.82, 2.24) is 5.32 Å². The minimum Gasteiger partial charge on any atom is -0.493 e. The van der Waals surface area contributed by atoms with Crippen LogP contribution in [-0.2, 0) is 4.79 Å². The number of aliphatic imine (C=N–C) groups is 1. The van der Waals surface area contributed by atoms with E-state index in [1.807, 2.05) is 32.0 Å². The number of methoxy groups -OCH3 is 1. The summed E-state index contributed by atoms with van der Waals surface area (Å²) in [6.45, 7) is 0.916. The van der Waals surface area contributed by atoms with Crippen molar-refractivity contribution in [3.8, 4) is 11.5 Å². The number of alkyl halides is 2. The van der Waals surface area contributed by atoms with E-state index in [1.165, 1.54) is 19.3 Å². The number of rotatable bonds is 5. The predicted molar refractivity (Wildman–Crippen MR) is 106 cm³/mol. The number of nitrogens with one attached hydrogen (secondary N) is 1. The highest BCUT2D eigenvalue weighted by molar-refractivity contribution is 8.18. The third kappa shape index (κ3) is 4.51. The van der Waals surface area contributed by atoms with Gasteiger partial charge in [0.2, 0.25) is 0 Å². The second-order valence-corrected chi connectivity index (χ2v) is 7.06. The van der Waals surface area contributed by atoms with Gasteiger partial charge in [-0.3, -0.25) is 4.79 Å². The van der Waals surface area contributed by atoms with Crippen molar-refractivity contribution in [2.45, 2.75) is 20.5 Å². The lowest BCUT2D eigenvalue weighted by Crippen LogP contribution is -2.19. The van der Waals surface area contributed by atoms with E-state index in [2.05, 4.69) is 15.0 Å². The first-order valence-electron chi connectivity index (χ1n) is 8.36. The van der Waals surface area contributed by atoms with Crippen molar-refractivity contribution in [3.05, 3.63) is 58.0 Å². The second-order valence-electron chi connectivity index (χ2n) is 6.03. The molecule has 2 aromatic rings. The van der Waals surface area contributed by atoms with Crippen molar-refractivity contribution >= 4 is 34.6 Å². The Balaban J connectivity index is 1.92. The molecule has 1 fully saturated rings. The van der Waals surface area contributed by atoms with E-state index >= 15 is 0 Å². The Morgan fingerprint density at radius 1 is 1.21 bits per heavy atom. The summed E-state index contributed by atoms with van der Waals surface area (Å²) in [5.41, 5.74) is 3.16. The molecule has 8 heteroatoms. The zero-order valence-corrected chi connectivity index (χ0v) is 16.3. The number of amides is 1. The fraction of sp³-hybridized carbons (Fsp3) is 0.200. The van der Waals surface area contributed by atoms with Gasteiger partial charge in [-0.2, -0.15) is 8.78 Å². The van der Waals surface area contributed by atoms with E-state index in [-0.39, 0.29) is 17.4 Å². The van der Waals surface area contributed by atoms with Crippen molar-refractivity contribution in [2.75, 3.05) is 7.11 Å². The van der Waals surface area contributed by atoms with Gasteiger partial charge in [-0.05, 0) is 49.4 Å². The van der Waals surface area contributed by atoms with E-state index in [4.69, 9.17) is 4.74 Å². The number of amidine groups is 1. The second kappa shape index (κ2) is 8.43. The fourth-order valence-electron chi connectivity index (χ4n) is 2.68. The normalized spacial score (nSPS) is 16.7.